The molecule has 0 spiro atoms. The van der Waals surface area contributed by atoms with Crippen molar-refractivity contribution in [2.75, 3.05) is 13.1 Å². The predicted octanol–water partition coefficient (Wildman–Crippen LogP) is 7.49. The summed E-state index contributed by atoms with van der Waals surface area (Å²) in [7, 11) is 0. The fourth-order valence-corrected chi connectivity index (χ4v) is 4.84. The molecule has 0 amide bonds. The first-order chi connectivity index (χ1) is 15.6. The van der Waals surface area contributed by atoms with E-state index in [4.69, 9.17) is 5.26 Å². The van der Waals surface area contributed by atoms with Crippen molar-refractivity contribution in [3.8, 4) is 6.07 Å². The number of rotatable bonds is 10. The van der Waals surface area contributed by atoms with E-state index in [-0.39, 0.29) is 0 Å². The molecule has 0 aromatic heterocycles. The van der Waals surface area contributed by atoms with Crippen LogP contribution in [0, 0.1) is 11.3 Å². The van der Waals surface area contributed by atoms with Gasteiger partial charge in [0.25, 0.3) is 0 Å². The number of halogens is 1. The second-order valence-electron chi connectivity index (χ2n) is 8.88. The Morgan fingerprint density at radius 1 is 0.938 bits per heavy atom. The summed E-state index contributed by atoms with van der Waals surface area (Å²) in [6.45, 7) is 8.28. The summed E-state index contributed by atoms with van der Waals surface area (Å²) in [5.74, 6) is 0.563. The fourth-order valence-electron chi connectivity index (χ4n) is 4.84. The van der Waals surface area contributed by atoms with Crippen molar-refractivity contribution in [2.45, 2.75) is 90.3 Å². The number of nitriles is 1. The first-order valence-corrected chi connectivity index (χ1v) is 12.4. The lowest BCUT2D eigenvalue weighted by atomic mass is 9.83. The summed E-state index contributed by atoms with van der Waals surface area (Å²) in [4.78, 5) is 2.65. The minimum atomic E-state index is -0.570. The Morgan fingerprint density at radius 2 is 1.53 bits per heavy atom. The Hall–Kier alpha value is -2.18. The van der Waals surface area contributed by atoms with Gasteiger partial charge in [-0.1, -0.05) is 68.4 Å². The van der Waals surface area contributed by atoms with Crippen molar-refractivity contribution in [2.24, 2.45) is 0 Å². The molecule has 0 radical (unpaired) electrons. The molecule has 0 aliphatic heterocycles. The van der Waals surface area contributed by atoms with Crippen LogP contribution in [0.4, 0.5) is 4.39 Å². The van der Waals surface area contributed by atoms with Crippen LogP contribution in [0.1, 0.15) is 81.9 Å². The van der Waals surface area contributed by atoms with Gasteiger partial charge >= 0.3 is 0 Å². The van der Waals surface area contributed by atoms with E-state index in [1.54, 1.807) is 6.07 Å². The molecule has 174 valence electrons. The van der Waals surface area contributed by atoms with Crippen LogP contribution in [-0.2, 0) is 12.8 Å². The third-order valence-corrected chi connectivity index (χ3v) is 6.80. The van der Waals surface area contributed by atoms with E-state index in [0.717, 1.165) is 51.6 Å². The van der Waals surface area contributed by atoms with Crippen LogP contribution in [0.25, 0.3) is 0 Å². The molecule has 1 saturated carbocycles. The van der Waals surface area contributed by atoms with Gasteiger partial charge in [0, 0.05) is 19.5 Å². The zero-order chi connectivity index (χ0) is 23.2. The number of aryl methyl sites for hydroxylation is 1. The number of nitrogens with zero attached hydrogens (tertiary/aromatic N) is 2. The Labute approximate surface area is 195 Å². The van der Waals surface area contributed by atoms with Crippen LogP contribution < -0.4 is 0 Å². The van der Waals surface area contributed by atoms with E-state index in [1.165, 1.54) is 36.5 Å². The molecular formula is C29H41FN2. The van der Waals surface area contributed by atoms with Gasteiger partial charge in [-0.25, -0.2) is 4.39 Å². The van der Waals surface area contributed by atoms with Crippen molar-refractivity contribution in [3.05, 3.63) is 71.3 Å². The maximum Gasteiger partial charge on any atom is 0.100 e. The average molecular weight is 437 g/mol. The molecule has 1 atom stereocenters. The third-order valence-electron chi connectivity index (χ3n) is 6.80. The van der Waals surface area contributed by atoms with Crippen molar-refractivity contribution >= 4 is 0 Å². The lowest BCUT2D eigenvalue weighted by Gasteiger charge is -2.30. The highest BCUT2D eigenvalue weighted by Gasteiger charge is 2.21. The van der Waals surface area contributed by atoms with Gasteiger partial charge in [0.05, 0.1) is 6.07 Å². The number of hydrogen-bond acceptors (Lipinski definition) is 2. The monoisotopic (exact) mass is 436 g/mol. The quantitative estimate of drug-likeness (QED) is 0.386. The van der Waals surface area contributed by atoms with Gasteiger partial charge in [-0.2, -0.15) is 5.26 Å². The normalized spacial score (nSPS) is 19.0. The van der Waals surface area contributed by atoms with Crippen LogP contribution in [0.3, 0.4) is 0 Å². The van der Waals surface area contributed by atoms with Gasteiger partial charge in [0.2, 0.25) is 0 Å². The molecule has 2 aromatic rings. The molecular weight excluding hydrogens is 395 g/mol. The van der Waals surface area contributed by atoms with Gasteiger partial charge in [0.1, 0.15) is 6.17 Å². The van der Waals surface area contributed by atoms with E-state index < -0.39 is 6.17 Å². The molecule has 3 rings (SSSR count). The summed E-state index contributed by atoms with van der Waals surface area (Å²) in [5, 5.41) is 7.32. The standard InChI is InChI=1S/C27H38FN.C2H3N/c1-3-27(29(4-2)21-20-22-8-6-5-7-9-22)19-12-23-10-13-24(14-11-23)25-15-17-26(28)18-16-25;1-2-3/h5-11,13-14,25-27H,3-4,12,15-21H2,1-2H3;1H3. The molecule has 1 fully saturated rings. The van der Waals surface area contributed by atoms with Gasteiger partial charge in [-0.05, 0) is 80.5 Å². The SMILES string of the molecule is CC#N.CCC(CCc1ccc(C2CCC(F)CC2)cc1)N(CC)CCc1ccccc1. The highest BCUT2D eigenvalue weighted by Crippen LogP contribution is 2.34. The van der Waals surface area contributed by atoms with Crippen LogP contribution >= 0.6 is 0 Å². The van der Waals surface area contributed by atoms with Gasteiger partial charge in [0.15, 0.2) is 0 Å². The number of likely N-dealkylation sites (N-methyl/N-ethyl adjacent to an activating group) is 1. The molecule has 0 N–H and O–H groups in total. The van der Waals surface area contributed by atoms with E-state index in [0.29, 0.717) is 12.0 Å². The molecule has 32 heavy (non-hydrogen) atoms. The second kappa shape index (κ2) is 14.8. The van der Waals surface area contributed by atoms with Crippen molar-refractivity contribution in [1.82, 2.24) is 4.90 Å². The maximum atomic E-state index is 13.4. The lowest BCUT2D eigenvalue weighted by molar-refractivity contribution is 0.193. The molecule has 1 aliphatic carbocycles. The topological polar surface area (TPSA) is 27.0 Å². The summed E-state index contributed by atoms with van der Waals surface area (Å²) in [6, 6.07) is 22.4. The predicted molar refractivity (Wildman–Crippen MR) is 134 cm³/mol. The molecule has 0 saturated heterocycles. The van der Waals surface area contributed by atoms with Crippen LogP contribution in [0.5, 0.6) is 0 Å². The Balaban J connectivity index is 0.00000114. The Bertz CT molecular complexity index is 773. The molecule has 0 heterocycles. The maximum absolute atomic E-state index is 13.4. The minimum absolute atomic E-state index is 0.563. The van der Waals surface area contributed by atoms with Crippen LogP contribution in [0.2, 0.25) is 0 Å². The number of alkyl halides is 1. The Morgan fingerprint density at radius 3 is 2.09 bits per heavy atom. The first kappa shape index (κ1) is 26.1. The van der Waals surface area contributed by atoms with E-state index in [9.17, 15) is 4.39 Å². The van der Waals surface area contributed by atoms with E-state index in [2.05, 4.69) is 73.3 Å². The van der Waals surface area contributed by atoms with E-state index >= 15 is 0 Å². The van der Waals surface area contributed by atoms with Crippen molar-refractivity contribution < 1.29 is 4.39 Å². The highest BCUT2D eigenvalue weighted by molar-refractivity contribution is 5.26. The van der Waals surface area contributed by atoms with Gasteiger partial charge in [-0.15, -0.1) is 0 Å². The zero-order valence-corrected chi connectivity index (χ0v) is 20.3. The summed E-state index contributed by atoms with van der Waals surface area (Å²) in [5.41, 5.74) is 4.27. The first-order valence-electron chi connectivity index (χ1n) is 12.4. The largest absolute Gasteiger partial charge is 0.300 e. The van der Waals surface area contributed by atoms with Crippen molar-refractivity contribution in [1.29, 1.82) is 5.26 Å². The summed E-state index contributed by atoms with van der Waals surface area (Å²) in [6.07, 6.45) is 7.59. The molecule has 1 unspecified atom stereocenters. The second-order valence-corrected chi connectivity index (χ2v) is 8.88. The van der Waals surface area contributed by atoms with Crippen LogP contribution in [-0.4, -0.2) is 30.2 Å². The van der Waals surface area contributed by atoms with Gasteiger partial charge in [-0.3, -0.25) is 0 Å². The lowest BCUT2D eigenvalue weighted by Crippen LogP contribution is -2.36. The molecule has 0 bridgehead atoms. The molecule has 2 nitrogen and oxygen atoms in total. The highest BCUT2D eigenvalue weighted by atomic mass is 19.1. The van der Waals surface area contributed by atoms with Gasteiger partial charge < -0.3 is 4.90 Å². The average Bonchev–Trinajstić information content (AvgIpc) is 2.83. The summed E-state index contributed by atoms with van der Waals surface area (Å²) < 4.78 is 13.4. The molecule has 1 aliphatic rings. The zero-order valence-electron chi connectivity index (χ0n) is 20.3. The minimum Gasteiger partial charge on any atom is -0.300 e. The number of hydrogen-bond donors (Lipinski definition) is 0. The summed E-state index contributed by atoms with van der Waals surface area (Å²) >= 11 is 0. The Kier molecular flexibility index (Phi) is 12.1. The third kappa shape index (κ3) is 8.75. The smallest absolute Gasteiger partial charge is 0.100 e. The number of benzene rings is 2. The van der Waals surface area contributed by atoms with E-state index in [1.807, 2.05) is 0 Å². The molecule has 2 aromatic carbocycles. The molecule has 3 heteroatoms. The fraction of sp³-hybridized carbons (Fsp3) is 0.552. The van der Waals surface area contributed by atoms with Crippen molar-refractivity contribution in [3.63, 3.8) is 0 Å². The van der Waals surface area contributed by atoms with Crippen LogP contribution in [0.15, 0.2) is 54.6 Å².